The first-order chi connectivity index (χ1) is 7.35. The van der Waals surface area contributed by atoms with Gasteiger partial charge in [0, 0.05) is 18.8 Å². The van der Waals surface area contributed by atoms with E-state index in [-0.39, 0.29) is 0 Å². The molecule has 15 heavy (non-hydrogen) atoms. The minimum absolute atomic E-state index is 0.914. The van der Waals surface area contributed by atoms with E-state index in [1.807, 2.05) is 12.1 Å². The van der Waals surface area contributed by atoms with Crippen molar-refractivity contribution in [2.24, 2.45) is 10.9 Å². The first-order valence-electron chi connectivity index (χ1n) is 5.07. The number of benzene rings is 1. The van der Waals surface area contributed by atoms with Gasteiger partial charge in [0.25, 0.3) is 0 Å². The fourth-order valence-electron chi connectivity index (χ4n) is 2.00. The third-order valence-corrected chi connectivity index (χ3v) is 2.67. The summed E-state index contributed by atoms with van der Waals surface area (Å²) in [5.74, 6) is 5.13. The maximum atomic E-state index is 5.13. The van der Waals surface area contributed by atoms with Crippen LogP contribution in [0.25, 0.3) is 0 Å². The second-order valence-electron chi connectivity index (χ2n) is 3.65. The molecular weight excluding hydrogens is 186 g/mol. The molecule has 1 aliphatic heterocycles. The maximum absolute atomic E-state index is 5.13. The SMILES string of the molecule is C=CCN1CCc2cc(C=NN)ccc21. The number of nitrogens with two attached hydrogens (primary N) is 1. The van der Waals surface area contributed by atoms with Crippen molar-refractivity contribution in [1.82, 2.24) is 0 Å². The highest BCUT2D eigenvalue weighted by atomic mass is 15.1. The summed E-state index contributed by atoms with van der Waals surface area (Å²) in [5, 5.41) is 3.53. The number of hydrogen-bond donors (Lipinski definition) is 1. The zero-order valence-corrected chi connectivity index (χ0v) is 8.69. The van der Waals surface area contributed by atoms with Crippen LogP contribution >= 0.6 is 0 Å². The van der Waals surface area contributed by atoms with Crippen molar-refractivity contribution in [2.75, 3.05) is 18.0 Å². The highest BCUT2D eigenvalue weighted by Crippen LogP contribution is 2.28. The number of hydrazone groups is 1. The molecule has 0 aromatic heterocycles. The monoisotopic (exact) mass is 201 g/mol. The molecule has 0 saturated heterocycles. The molecule has 3 nitrogen and oxygen atoms in total. The van der Waals surface area contributed by atoms with Crippen molar-refractivity contribution >= 4 is 11.9 Å². The topological polar surface area (TPSA) is 41.6 Å². The molecule has 0 saturated carbocycles. The normalized spacial score (nSPS) is 14.5. The van der Waals surface area contributed by atoms with Crippen molar-refractivity contribution in [1.29, 1.82) is 0 Å². The van der Waals surface area contributed by atoms with E-state index in [2.05, 4.69) is 28.7 Å². The van der Waals surface area contributed by atoms with E-state index >= 15 is 0 Å². The summed E-state index contributed by atoms with van der Waals surface area (Å²) >= 11 is 0. The van der Waals surface area contributed by atoms with Crippen molar-refractivity contribution in [3.8, 4) is 0 Å². The molecular formula is C12H15N3. The minimum atomic E-state index is 0.914. The predicted molar refractivity (Wildman–Crippen MR) is 64.3 cm³/mol. The zero-order valence-electron chi connectivity index (χ0n) is 8.69. The molecule has 1 aromatic rings. The second kappa shape index (κ2) is 4.17. The third kappa shape index (κ3) is 1.86. The predicted octanol–water partition coefficient (Wildman–Crippen LogP) is 1.53. The van der Waals surface area contributed by atoms with Crippen LogP contribution in [0.15, 0.2) is 36.0 Å². The summed E-state index contributed by atoms with van der Waals surface area (Å²) in [5.41, 5.74) is 3.75. The molecule has 3 heteroatoms. The Kier molecular flexibility index (Phi) is 2.72. The van der Waals surface area contributed by atoms with Gasteiger partial charge in [-0.1, -0.05) is 12.1 Å². The zero-order chi connectivity index (χ0) is 10.7. The molecule has 0 spiro atoms. The molecule has 0 atom stereocenters. The summed E-state index contributed by atoms with van der Waals surface area (Å²) in [4.78, 5) is 2.33. The van der Waals surface area contributed by atoms with Gasteiger partial charge >= 0.3 is 0 Å². The van der Waals surface area contributed by atoms with E-state index in [1.165, 1.54) is 11.3 Å². The van der Waals surface area contributed by atoms with Gasteiger partial charge in [0.1, 0.15) is 0 Å². The first-order valence-corrected chi connectivity index (χ1v) is 5.07. The molecule has 1 aromatic carbocycles. The van der Waals surface area contributed by atoms with Crippen molar-refractivity contribution in [3.63, 3.8) is 0 Å². The van der Waals surface area contributed by atoms with Crippen molar-refractivity contribution in [3.05, 3.63) is 42.0 Å². The fraction of sp³-hybridized carbons (Fsp3) is 0.250. The van der Waals surface area contributed by atoms with Crippen LogP contribution in [-0.4, -0.2) is 19.3 Å². The van der Waals surface area contributed by atoms with Crippen molar-refractivity contribution < 1.29 is 0 Å². The average molecular weight is 201 g/mol. The number of nitrogens with zero attached hydrogens (tertiary/aromatic N) is 2. The van der Waals surface area contributed by atoms with Crippen LogP contribution < -0.4 is 10.7 Å². The van der Waals surface area contributed by atoms with Gasteiger partial charge in [-0.2, -0.15) is 5.10 Å². The smallest absolute Gasteiger partial charge is 0.0538 e. The van der Waals surface area contributed by atoms with Crippen LogP contribution in [0, 0.1) is 0 Å². The lowest BCUT2D eigenvalue weighted by Crippen LogP contribution is -2.19. The molecule has 1 heterocycles. The van der Waals surface area contributed by atoms with Gasteiger partial charge in [0.05, 0.1) is 6.21 Å². The second-order valence-corrected chi connectivity index (χ2v) is 3.65. The van der Waals surface area contributed by atoms with Crippen LogP contribution in [0.4, 0.5) is 5.69 Å². The van der Waals surface area contributed by atoms with Gasteiger partial charge in [0.15, 0.2) is 0 Å². The minimum Gasteiger partial charge on any atom is -0.367 e. The average Bonchev–Trinajstić information content (AvgIpc) is 2.62. The van der Waals surface area contributed by atoms with Crippen LogP contribution in [0.2, 0.25) is 0 Å². The van der Waals surface area contributed by atoms with Crippen LogP contribution in [0.5, 0.6) is 0 Å². The molecule has 0 radical (unpaired) electrons. The Morgan fingerprint density at radius 3 is 3.13 bits per heavy atom. The molecule has 0 amide bonds. The maximum Gasteiger partial charge on any atom is 0.0538 e. The molecule has 78 valence electrons. The Morgan fingerprint density at radius 1 is 1.53 bits per heavy atom. The summed E-state index contributed by atoms with van der Waals surface area (Å²) < 4.78 is 0. The Labute approximate surface area is 89.9 Å². The first kappa shape index (κ1) is 9.77. The van der Waals surface area contributed by atoms with Crippen LogP contribution in [0.1, 0.15) is 11.1 Å². The van der Waals surface area contributed by atoms with Crippen LogP contribution in [-0.2, 0) is 6.42 Å². The van der Waals surface area contributed by atoms with E-state index in [0.29, 0.717) is 0 Å². The number of rotatable bonds is 3. The standard InChI is InChI=1S/C12H15N3/c1-2-6-15-7-5-11-8-10(9-14-13)3-4-12(11)15/h2-4,8-9H,1,5-7,13H2. The quantitative estimate of drug-likeness (QED) is 0.349. The van der Waals surface area contributed by atoms with E-state index in [1.54, 1.807) is 6.21 Å². The highest BCUT2D eigenvalue weighted by molar-refractivity contribution is 5.81. The molecule has 0 bridgehead atoms. The largest absolute Gasteiger partial charge is 0.367 e. The Morgan fingerprint density at radius 2 is 2.40 bits per heavy atom. The van der Waals surface area contributed by atoms with Gasteiger partial charge in [-0.25, -0.2) is 0 Å². The van der Waals surface area contributed by atoms with Crippen LogP contribution in [0.3, 0.4) is 0 Å². The molecule has 2 N–H and O–H groups in total. The number of fused-ring (bicyclic) bond motifs is 1. The van der Waals surface area contributed by atoms with E-state index in [4.69, 9.17) is 5.84 Å². The van der Waals surface area contributed by atoms with Crippen molar-refractivity contribution in [2.45, 2.75) is 6.42 Å². The lowest BCUT2D eigenvalue weighted by atomic mass is 10.1. The lowest BCUT2D eigenvalue weighted by molar-refractivity contribution is 0.905. The van der Waals surface area contributed by atoms with E-state index in [0.717, 1.165) is 25.1 Å². The number of hydrogen-bond acceptors (Lipinski definition) is 3. The summed E-state index contributed by atoms with van der Waals surface area (Å²) in [7, 11) is 0. The molecule has 0 fully saturated rings. The molecule has 1 aliphatic rings. The Hall–Kier alpha value is -1.77. The summed E-state index contributed by atoms with van der Waals surface area (Å²) in [6.45, 7) is 5.75. The molecule has 0 unspecified atom stereocenters. The third-order valence-electron chi connectivity index (χ3n) is 2.67. The molecule has 2 rings (SSSR count). The molecule has 0 aliphatic carbocycles. The van der Waals surface area contributed by atoms with Gasteiger partial charge in [-0.15, -0.1) is 6.58 Å². The van der Waals surface area contributed by atoms with Gasteiger partial charge in [-0.05, 0) is 29.7 Å². The number of anilines is 1. The Balaban J connectivity index is 2.29. The summed E-state index contributed by atoms with van der Waals surface area (Å²) in [6.07, 6.45) is 4.70. The van der Waals surface area contributed by atoms with Gasteiger partial charge in [0.2, 0.25) is 0 Å². The highest BCUT2D eigenvalue weighted by Gasteiger charge is 2.17. The Bertz CT molecular complexity index is 396. The lowest BCUT2D eigenvalue weighted by Gasteiger charge is -2.16. The van der Waals surface area contributed by atoms with Gasteiger partial charge in [-0.3, -0.25) is 0 Å². The van der Waals surface area contributed by atoms with E-state index < -0.39 is 0 Å². The van der Waals surface area contributed by atoms with Gasteiger partial charge < -0.3 is 10.7 Å². The van der Waals surface area contributed by atoms with E-state index in [9.17, 15) is 0 Å². The fourth-order valence-corrected chi connectivity index (χ4v) is 2.00. The summed E-state index contributed by atoms with van der Waals surface area (Å²) in [6, 6.07) is 6.31.